The van der Waals surface area contributed by atoms with Crippen molar-refractivity contribution < 1.29 is 17.9 Å². The first-order valence-corrected chi connectivity index (χ1v) is 11.3. The molecule has 0 spiro atoms. The molecule has 0 radical (unpaired) electrons. The molecule has 0 saturated heterocycles. The number of sulfonamides is 1. The largest absolute Gasteiger partial charge is 0.494 e. The molecule has 1 aliphatic rings. The van der Waals surface area contributed by atoms with Crippen molar-refractivity contribution >= 4 is 16.0 Å². The first-order chi connectivity index (χ1) is 13.0. The molecule has 1 aliphatic heterocycles. The molecule has 1 aromatic carbocycles. The lowest BCUT2D eigenvalue weighted by Gasteiger charge is -2.26. The van der Waals surface area contributed by atoms with Crippen LogP contribution in [0.5, 0.6) is 11.5 Å². The SMILES string of the molecule is CCOc1cc2c(cc1CNC(=NC)NCC(C)(C)NS(C)(=O)=O)OC(C)C2. The molecule has 1 aromatic rings. The highest BCUT2D eigenvalue weighted by atomic mass is 32.2. The van der Waals surface area contributed by atoms with Gasteiger partial charge >= 0.3 is 0 Å². The average molecular weight is 413 g/mol. The molecule has 0 aliphatic carbocycles. The maximum Gasteiger partial charge on any atom is 0.209 e. The summed E-state index contributed by atoms with van der Waals surface area (Å²) >= 11 is 0. The van der Waals surface area contributed by atoms with Gasteiger partial charge in [-0.05, 0) is 39.8 Å². The van der Waals surface area contributed by atoms with Gasteiger partial charge in [-0.25, -0.2) is 13.1 Å². The third-order valence-corrected chi connectivity index (χ3v) is 5.13. The topological polar surface area (TPSA) is 101 Å². The molecule has 8 nitrogen and oxygen atoms in total. The van der Waals surface area contributed by atoms with Crippen molar-refractivity contribution in [3.8, 4) is 11.5 Å². The van der Waals surface area contributed by atoms with Crippen LogP contribution < -0.4 is 24.8 Å². The zero-order valence-electron chi connectivity index (χ0n) is 17.5. The van der Waals surface area contributed by atoms with E-state index in [1.807, 2.05) is 13.0 Å². The number of hydrogen-bond donors (Lipinski definition) is 3. The van der Waals surface area contributed by atoms with Crippen molar-refractivity contribution in [2.24, 2.45) is 4.99 Å². The summed E-state index contributed by atoms with van der Waals surface area (Å²) < 4.78 is 37.2. The number of ether oxygens (including phenoxy) is 2. The van der Waals surface area contributed by atoms with Crippen LogP contribution in [0.3, 0.4) is 0 Å². The van der Waals surface area contributed by atoms with Gasteiger partial charge < -0.3 is 20.1 Å². The minimum absolute atomic E-state index is 0.173. The standard InChI is InChI=1S/C19H32N4O4S/c1-7-26-16-9-14-8-13(2)27-17(14)10-15(16)11-21-18(20-5)22-12-19(3,4)23-28(6,24)25/h9-10,13,23H,7-8,11-12H2,1-6H3,(H2,20,21,22). The molecule has 0 aromatic heterocycles. The zero-order valence-corrected chi connectivity index (χ0v) is 18.4. The fourth-order valence-electron chi connectivity index (χ4n) is 3.15. The van der Waals surface area contributed by atoms with Gasteiger partial charge in [-0.2, -0.15) is 0 Å². The second kappa shape index (κ2) is 9.00. The van der Waals surface area contributed by atoms with Crippen molar-refractivity contribution in [1.82, 2.24) is 15.4 Å². The zero-order chi connectivity index (χ0) is 20.9. The summed E-state index contributed by atoms with van der Waals surface area (Å²) in [6, 6.07) is 4.06. The number of hydrogen-bond acceptors (Lipinski definition) is 5. The Hall–Kier alpha value is -2.00. The van der Waals surface area contributed by atoms with Gasteiger partial charge in [0.25, 0.3) is 0 Å². The second-order valence-corrected chi connectivity index (χ2v) is 9.42. The van der Waals surface area contributed by atoms with Crippen molar-refractivity contribution in [3.63, 3.8) is 0 Å². The van der Waals surface area contributed by atoms with Gasteiger partial charge in [-0.3, -0.25) is 4.99 Å². The van der Waals surface area contributed by atoms with Gasteiger partial charge in [0.15, 0.2) is 5.96 Å². The molecule has 9 heteroatoms. The summed E-state index contributed by atoms with van der Waals surface area (Å²) in [6.07, 6.45) is 2.20. The van der Waals surface area contributed by atoms with Crippen molar-refractivity contribution in [1.29, 1.82) is 0 Å². The fourth-order valence-corrected chi connectivity index (χ4v) is 4.23. The van der Waals surface area contributed by atoms with E-state index < -0.39 is 15.6 Å². The van der Waals surface area contributed by atoms with E-state index in [1.54, 1.807) is 20.9 Å². The van der Waals surface area contributed by atoms with E-state index in [0.717, 1.165) is 35.3 Å². The Kier molecular flexibility index (Phi) is 7.16. The van der Waals surface area contributed by atoms with Crippen LogP contribution >= 0.6 is 0 Å². The molecule has 0 saturated carbocycles. The van der Waals surface area contributed by atoms with E-state index in [9.17, 15) is 8.42 Å². The smallest absolute Gasteiger partial charge is 0.209 e. The predicted molar refractivity (Wildman–Crippen MR) is 112 cm³/mol. The minimum Gasteiger partial charge on any atom is -0.494 e. The van der Waals surface area contributed by atoms with E-state index in [-0.39, 0.29) is 6.10 Å². The first kappa shape index (κ1) is 22.3. The van der Waals surface area contributed by atoms with Crippen LogP contribution in [-0.2, 0) is 23.0 Å². The van der Waals surface area contributed by atoms with E-state index >= 15 is 0 Å². The highest BCUT2D eigenvalue weighted by Crippen LogP contribution is 2.35. The summed E-state index contributed by atoms with van der Waals surface area (Å²) in [5.74, 6) is 2.30. The van der Waals surface area contributed by atoms with Crippen molar-refractivity contribution in [2.45, 2.75) is 52.3 Å². The first-order valence-electron chi connectivity index (χ1n) is 9.41. The molecule has 0 amide bonds. The van der Waals surface area contributed by atoms with Gasteiger partial charge in [-0.15, -0.1) is 0 Å². The molecule has 28 heavy (non-hydrogen) atoms. The number of nitrogens with one attached hydrogen (secondary N) is 3. The van der Waals surface area contributed by atoms with E-state index in [2.05, 4.69) is 33.3 Å². The van der Waals surface area contributed by atoms with Gasteiger partial charge in [-0.1, -0.05) is 0 Å². The van der Waals surface area contributed by atoms with Crippen LogP contribution in [0, 0.1) is 0 Å². The van der Waals surface area contributed by atoms with Crippen molar-refractivity contribution in [2.75, 3.05) is 26.5 Å². The average Bonchev–Trinajstić information content (AvgIpc) is 2.92. The molecule has 2 rings (SSSR count). The lowest BCUT2D eigenvalue weighted by Crippen LogP contribution is -2.52. The van der Waals surface area contributed by atoms with Crippen LogP contribution in [0.15, 0.2) is 17.1 Å². The molecule has 1 unspecified atom stereocenters. The van der Waals surface area contributed by atoms with Crippen LogP contribution in [0.2, 0.25) is 0 Å². The molecule has 1 heterocycles. The number of rotatable bonds is 8. The van der Waals surface area contributed by atoms with Crippen LogP contribution in [0.25, 0.3) is 0 Å². The summed E-state index contributed by atoms with van der Waals surface area (Å²) in [7, 11) is -1.62. The molecular weight excluding hydrogens is 380 g/mol. The number of benzene rings is 1. The fraction of sp³-hybridized carbons (Fsp3) is 0.632. The number of nitrogens with zero attached hydrogens (tertiary/aromatic N) is 1. The highest BCUT2D eigenvalue weighted by molar-refractivity contribution is 7.88. The van der Waals surface area contributed by atoms with E-state index in [1.165, 1.54) is 0 Å². The van der Waals surface area contributed by atoms with Gasteiger partial charge in [0, 0.05) is 43.2 Å². The van der Waals surface area contributed by atoms with E-state index in [0.29, 0.717) is 25.7 Å². The Balaban J connectivity index is 2.02. The summed E-state index contributed by atoms with van der Waals surface area (Å²) in [6.45, 7) is 9.08. The maximum absolute atomic E-state index is 11.5. The summed E-state index contributed by atoms with van der Waals surface area (Å²) in [5, 5.41) is 6.40. The molecule has 158 valence electrons. The Bertz CT molecular complexity index is 821. The number of guanidine groups is 1. The molecule has 1 atom stereocenters. The van der Waals surface area contributed by atoms with Crippen molar-refractivity contribution in [3.05, 3.63) is 23.3 Å². The Morgan fingerprint density at radius 3 is 2.68 bits per heavy atom. The van der Waals surface area contributed by atoms with Crippen LogP contribution in [0.1, 0.15) is 38.8 Å². The highest BCUT2D eigenvalue weighted by Gasteiger charge is 2.23. The lowest BCUT2D eigenvalue weighted by atomic mass is 10.1. The van der Waals surface area contributed by atoms with Gasteiger partial charge in [0.2, 0.25) is 10.0 Å². The third kappa shape index (κ3) is 6.56. The predicted octanol–water partition coefficient (Wildman–Crippen LogP) is 1.40. The number of fused-ring (bicyclic) bond motifs is 1. The number of aliphatic imine (C=N–C) groups is 1. The minimum atomic E-state index is -3.29. The third-order valence-electron chi connectivity index (χ3n) is 4.21. The Labute approximate surface area is 168 Å². The summed E-state index contributed by atoms with van der Waals surface area (Å²) in [4.78, 5) is 4.21. The second-order valence-electron chi connectivity index (χ2n) is 7.67. The quantitative estimate of drug-likeness (QED) is 0.441. The Morgan fingerprint density at radius 2 is 2.07 bits per heavy atom. The lowest BCUT2D eigenvalue weighted by molar-refractivity contribution is 0.254. The Morgan fingerprint density at radius 1 is 1.36 bits per heavy atom. The van der Waals surface area contributed by atoms with Gasteiger partial charge in [0.05, 0.1) is 12.9 Å². The summed E-state index contributed by atoms with van der Waals surface area (Å²) in [5.41, 5.74) is 1.49. The maximum atomic E-state index is 11.5. The molecular formula is C19H32N4O4S. The van der Waals surface area contributed by atoms with E-state index in [4.69, 9.17) is 9.47 Å². The van der Waals surface area contributed by atoms with Crippen LogP contribution in [0.4, 0.5) is 0 Å². The molecule has 0 bridgehead atoms. The monoisotopic (exact) mass is 412 g/mol. The molecule has 3 N–H and O–H groups in total. The normalized spacial score (nSPS) is 17.1. The van der Waals surface area contributed by atoms with Gasteiger partial charge in [0.1, 0.15) is 17.6 Å². The molecule has 0 fully saturated rings. The van der Waals surface area contributed by atoms with Crippen LogP contribution in [-0.4, -0.2) is 52.5 Å².